The number of carboxylic acids is 1. The van der Waals surface area contributed by atoms with E-state index < -0.39 is 15.8 Å². The molecule has 0 saturated carbocycles. The van der Waals surface area contributed by atoms with E-state index in [1.165, 1.54) is 12.1 Å². The molecule has 1 aromatic rings. The Morgan fingerprint density at radius 1 is 1.19 bits per heavy atom. The van der Waals surface area contributed by atoms with Crippen LogP contribution in [0.5, 0.6) is 0 Å². The molecule has 1 heterocycles. The molecule has 116 valence electrons. The predicted molar refractivity (Wildman–Crippen MR) is 78.2 cm³/mol. The van der Waals surface area contributed by atoms with Gasteiger partial charge in [0.05, 0.1) is 30.3 Å². The molecule has 6 nitrogen and oxygen atoms in total. The Hall–Kier alpha value is -1.44. The lowest BCUT2D eigenvalue weighted by Crippen LogP contribution is -2.39. The lowest BCUT2D eigenvalue weighted by atomic mass is 10.1. The number of rotatable bonds is 6. The van der Waals surface area contributed by atoms with Crippen LogP contribution in [0.4, 0.5) is 0 Å². The summed E-state index contributed by atoms with van der Waals surface area (Å²) in [5, 5.41) is 8.80. The van der Waals surface area contributed by atoms with Crippen LogP contribution in [0.2, 0.25) is 0 Å². The monoisotopic (exact) mass is 313 g/mol. The molecule has 7 heteroatoms. The second kappa shape index (κ2) is 7.02. The van der Waals surface area contributed by atoms with E-state index in [1.807, 2.05) is 0 Å². The van der Waals surface area contributed by atoms with Crippen molar-refractivity contribution in [3.8, 4) is 0 Å². The molecule has 0 amide bonds. The quantitative estimate of drug-likeness (QED) is 0.829. The zero-order valence-electron chi connectivity index (χ0n) is 11.7. The highest BCUT2D eigenvalue weighted by molar-refractivity contribution is 7.90. The fourth-order valence-corrected chi connectivity index (χ4v) is 3.54. The Morgan fingerprint density at radius 2 is 1.81 bits per heavy atom. The third-order valence-corrected chi connectivity index (χ3v) is 4.99. The van der Waals surface area contributed by atoms with Crippen LogP contribution in [-0.2, 0) is 20.3 Å². The van der Waals surface area contributed by atoms with Gasteiger partial charge in [-0.2, -0.15) is 0 Å². The summed E-state index contributed by atoms with van der Waals surface area (Å²) in [6, 6.07) is 5.95. The van der Waals surface area contributed by atoms with E-state index in [-0.39, 0.29) is 17.1 Å². The lowest BCUT2D eigenvalue weighted by molar-refractivity contribution is 0.0408. The third kappa shape index (κ3) is 5.11. The summed E-state index contributed by atoms with van der Waals surface area (Å²) in [6.45, 7) is 3.35. The van der Waals surface area contributed by atoms with Crippen molar-refractivity contribution in [1.29, 1.82) is 0 Å². The smallest absolute Gasteiger partial charge is 0.335 e. The largest absolute Gasteiger partial charge is 0.478 e. The van der Waals surface area contributed by atoms with Crippen molar-refractivity contribution in [1.82, 2.24) is 4.90 Å². The normalized spacial score (nSPS) is 16.8. The summed E-state index contributed by atoms with van der Waals surface area (Å²) in [5.74, 6) is -0.970. The van der Waals surface area contributed by atoms with Gasteiger partial charge in [0.25, 0.3) is 0 Å². The van der Waals surface area contributed by atoms with Gasteiger partial charge in [0, 0.05) is 19.6 Å². The molecule has 0 aliphatic carbocycles. The van der Waals surface area contributed by atoms with Gasteiger partial charge in [-0.15, -0.1) is 0 Å². The molecule has 0 aromatic heterocycles. The summed E-state index contributed by atoms with van der Waals surface area (Å²) in [4.78, 5) is 12.8. The molecule has 0 radical (unpaired) electrons. The minimum absolute atomic E-state index is 0.0583. The van der Waals surface area contributed by atoms with Gasteiger partial charge in [-0.3, -0.25) is 4.90 Å². The highest BCUT2D eigenvalue weighted by Crippen LogP contribution is 2.10. The number of aromatic carboxylic acids is 1. The molecule has 1 fully saturated rings. The molecule has 1 N–H and O–H groups in total. The van der Waals surface area contributed by atoms with Gasteiger partial charge in [0.1, 0.15) is 0 Å². The number of carboxylic acid groups (broad SMARTS) is 1. The van der Waals surface area contributed by atoms with Crippen molar-refractivity contribution >= 4 is 15.8 Å². The molecule has 1 aliphatic rings. The first-order chi connectivity index (χ1) is 9.96. The first-order valence-corrected chi connectivity index (χ1v) is 8.61. The Labute approximate surface area is 124 Å². The van der Waals surface area contributed by atoms with Crippen LogP contribution in [0, 0.1) is 0 Å². The first kappa shape index (κ1) is 15.9. The van der Waals surface area contributed by atoms with E-state index in [9.17, 15) is 13.2 Å². The van der Waals surface area contributed by atoms with Gasteiger partial charge >= 0.3 is 5.97 Å². The molecule has 1 saturated heterocycles. The molecule has 0 atom stereocenters. The maximum Gasteiger partial charge on any atom is 0.335 e. The number of sulfone groups is 1. The van der Waals surface area contributed by atoms with E-state index in [2.05, 4.69) is 4.90 Å². The number of nitrogens with zero attached hydrogens (tertiary/aromatic N) is 1. The number of hydrogen-bond acceptors (Lipinski definition) is 5. The van der Waals surface area contributed by atoms with E-state index >= 15 is 0 Å². The minimum atomic E-state index is -3.20. The van der Waals surface area contributed by atoms with E-state index in [0.717, 1.165) is 13.1 Å². The van der Waals surface area contributed by atoms with E-state index in [0.29, 0.717) is 25.3 Å². The van der Waals surface area contributed by atoms with Crippen molar-refractivity contribution in [3.63, 3.8) is 0 Å². The predicted octanol–water partition coefficient (Wildman–Crippen LogP) is 0.632. The summed E-state index contributed by atoms with van der Waals surface area (Å²) >= 11 is 0. The van der Waals surface area contributed by atoms with Gasteiger partial charge < -0.3 is 9.84 Å². The van der Waals surface area contributed by atoms with Crippen molar-refractivity contribution in [2.24, 2.45) is 0 Å². The Morgan fingerprint density at radius 3 is 2.38 bits per heavy atom. The Balaban J connectivity index is 1.89. The van der Waals surface area contributed by atoms with Gasteiger partial charge in [-0.25, -0.2) is 13.2 Å². The molecular weight excluding hydrogens is 294 g/mol. The zero-order chi connectivity index (χ0) is 15.3. The average Bonchev–Trinajstić information content (AvgIpc) is 2.46. The third-order valence-electron chi connectivity index (χ3n) is 3.41. The summed E-state index contributed by atoms with van der Waals surface area (Å²) in [6.07, 6.45) is 0. The van der Waals surface area contributed by atoms with Crippen LogP contribution in [0.15, 0.2) is 24.3 Å². The Bertz CT molecular complexity index is 576. The maximum absolute atomic E-state index is 12.1. The molecule has 1 aromatic carbocycles. The second-order valence-corrected chi connectivity index (χ2v) is 7.23. The van der Waals surface area contributed by atoms with Gasteiger partial charge in [0.2, 0.25) is 0 Å². The SMILES string of the molecule is O=C(O)c1ccc(CS(=O)(=O)CCN2CCOCC2)cc1. The zero-order valence-corrected chi connectivity index (χ0v) is 12.5. The van der Waals surface area contributed by atoms with Gasteiger partial charge in [-0.05, 0) is 17.7 Å². The van der Waals surface area contributed by atoms with Crippen LogP contribution >= 0.6 is 0 Å². The van der Waals surface area contributed by atoms with Gasteiger partial charge in [0.15, 0.2) is 9.84 Å². The average molecular weight is 313 g/mol. The first-order valence-electron chi connectivity index (χ1n) is 6.79. The van der Waals surface area contributed by atoms with E-state index in [1.54, 1.807) is 12.1 Å². The van der Waals surface area contributed by atoms with Crippen molar-refractivity contribution < 1.29 is 23.1 Å². The standard InChI is InChI=1S/C14H19NO5S/c16-14(17)13-3-1-12(2-4-13)11-21(18,19)10-7-15-5-8-20-9-6-15/h1-4H,5-11H2,(H,16,17). The topological polar surface area (TPSA) is 83.9 Å². The van der Waals surface area contributed by atoms with Crippen LogP contribution in [0.3, 0.4) is 0 Å². The number of hydrogen-bond donors (Lipinski definition) is 1. The molecule has 1 aliphatic heterocycles. The maximum atomic E-state index is 12.1. The fraction of sp³-hybridized carbons (Fsp3) is 0.500. The molecule has 21 heavy (non-hydrogen) atoms. The summed E-state index contributed by atoms with van der Waals surface area (Å²) < 4.78 is 29.4. The van der Waals surface area contributed by atoms with Crippen LogP contribution in [0.25, 0.3) is 0 Å². The molecular formula is C14H19NO5S. The molecule has 0 spiro atoms. The van der Waals surface area contributed by atoms with Crippen LogP contribution in [-0.4, -0.2) is 63.0 Å². The summed E-state index contributed by atoms with van der Waals surface area (Å²) in [7, 11) is -3.20. The van der Waals surface area contributed by atoms with E-state index in [4.69, 9.17) is 9.84 Å². The van der Waals surface area contributed by atoms with Crippen molar-refractivity contribution in [2.45, 2.75) is 5.75 Å². The number of benzene rings is 1. The minimum Gasteiger partial charge on any atom is -0.478 e. The Kier molecular flexibility index (Phi) is 5.33. The highest BCUT2D eigenvalue weighted by atomic mass is 32.2. The lowest BCUT2D eigenvalue weighted by Gasteiger charge is -2.26. The van der Waals surface area contributed by atoms with Gasteiger partial charge in [-0.1, -0.05) is 12.1 Å². The highest BCUT2D eigenvalue weighted by Gasteiger charge is 2.16. The van der Waals surface area contributed by atoms with Crippen molar-refractivity contribution in [3.05, 3.63) is 35.4 Å². The number of morpholine rings is 1. The number of carbonyl (C=O) groups is 1. The molecule has 0 unspecified atom stereocenters. The summed E-state index contributed by atoms with van der Waals surface area (Å²) in [5.41, 5.74) is 0.770. The van der Waals surface area contributed by atoms with Crippen molar-refractivity contribution in [2.75, 3.05) is 38.6 Å². The molecule has 2 rings (SSSR count). The second-order valence-electron chi connectivity index (χ2n) is 5.05. The van der Waals surface area contributed by atoms with Crippen LogP contribution < -0.4 is 0 Å². The molecule has 0 bridgehead atoms. The fourth-order valence-electron chi connectivity index (χ4n) is 2.16. The van der Waals surface area contributed by atoms with Crippen LogP contribution in [0.1, 0.15) is 15.9 Å². The number of ether oxygens (including phenoxy) is 1.